The Kier molecular flexibility index (Phi) is 3.36. The van der Waals surface area contributed by atoms with Gasteiger partial charge in [0.25, 0.3) is 0 Å². The van der Waals surface area contributed by atoms with Crippen molar-refractivity contribution in [3.8, 4) is 0 Å². The normalized spacial score (nSPS) is 50.2. The quantitative estimate of drug-likeness (QED) is 0.850. The van der Waals surface area contributed by atoms with Crippen molar-refractivity contribution in [1.29, 1.82) is 0 Å². The molecule has 2 N–H and O–H groups in total. The van der Waals surface area contributed by atoms with E-state index in [1.165, 1.54) is 64.7 Å². The van der Waals surface area contributed by atoms with Gasteiger partial charge in [0.15, 0.2) is 0 Å². The molecule has 2 aliphatic carbocycles. The van der Waals surface area contributed by atoms with Crippen LogP contribution in [0.15, 0.2) is 0 Å². The Balaban J connectivity index is 1.47. The maximum Gasteiger partial charge on any atom is 0.0381 e. The first-order valence-corrected chi connectivity index (χ1v) is 8.85. The molecule has 0 aromatic heterocycles. The summed E-state index contributed by atoms with van der Waals surface area (Å²) in [6, 6.07) is 0. The number of fused-ring (bicyclic) bond motifs is 4. The summed E-state index contributed by atoms with van der Waals surface area (Å²) in [6.45, 7) is 6.07. The molecule has 3 nitrogen and oxygen atoms in total. The van der Waals surface area contributed by atoms with Crippen LogP contribution in [0.25, 0.3) is 0 Å². The van der Waals surface area contributed by atoms with Crippen LogP contribution >= 0.6 is 0 Å². The maximum absolute atomic E-state index is 6.31. The first-order chi connectivity index (χ1) is 9.71. The van der Waals surface area contributed by atoms with E-state index in [2.05, 4.69) is 16.8 Å². The van der Waals surface area contributed by atoms with Crippen molar-refractivity contribution in [2.24, 2.45) is 29.4 Å². The van der Waals surface area contributed by atoms with Crippen LogP contribution in [0.4, 0.5) is 0 Å². The number of nitrogens with two attached hydrogens (primary N) is 1. The van der Waals surface area contributed by atoms with E-state index in [0.29, 0.717) is 5.54 Å². The fourth-order valence-electron chi connectivity index (χ4n) is 6.09. The molecule has 6 atom stereocenters. The SMILES string of the molecule is CN(CC1CC2CCC1C2)C1(CN)CCN2CCC1C2. The lowest BCUT2D eigenvalue weighted by Crippen LogP contribution is -2.61. The predicted octanol–water partition coefficient (Wildman–Crippen LogP) is 1.78. The zero-order chi connectivity index (χ0) is 13.7. The zero-order valence-corrected chi connectivity index (χ0v) is 13.1. The van der Waals surface area contributed by atoms with Crippen molar-refractivity contribution >= 4 is 0 Å². The number of hydrogen-bond donors (Lipinski definition) is 1. The van der Waals surface area contributed by atoms with Gasteiger partial charge in [-0.2, -0.15) is 0 Å². The lowest BCUT2D eigenvalue weighted by Gasteiger charge is -2.50. The van der Waals surface area contributed by atoms with E-state index in [4.69, 9.17) is 5.73 Å². The molecule has 4 fully saturated rings. The third kappa shape index (κ3) is 1.97. The molecule has 4 bridgehead atoms. The summed E-state index contributed by atoms with van der Waals surface area (Å²) in [5.41, 5.74) is 6.63. The van der Waals surface area contributed by atoms with Gasteiger partial charge < -0.3 is 10.6 Å². The molecule has 0 radical (unpaired) electrons. The minimum absolute atomic E-state index is 0.314. The smallest absolute Gasteiger partial charge is 0.0381 e. The molecular weight excluding hydrogens is 246 g/mol. The maximum atomic E-state index is 6.31. The summed E-state index contributed by atoms with van der Waals surface area (Å²) in [4.78, 5) is 5.36. The second kappa shape index (κ2) is 4.96. The van der Waals surface area contributed by atoms with Gasteiger partial charge in [-0.05, 0) is 75.9 Å². The van der Waals surface area contributed by atoms with E-state index in [1.807, 2.05) is 0 Å². The molecule has 3 heteroatoms. The van der Waals surface area contributed by atoms with Crippen LogP contribution in [-0.4, -0.2) is 55.1 Å². The molecule has 0 spiro atoms. The standard InChI is InChI=1S/C17H31N3/c1-19(10-15-9-13-2-3-14(15)8-13)17(12-18)5-7-20-6-4-16(17)11-20/h13-16H,2-12,18H2,1H3. The molecule has 0 aromatic carbocycles. The van der Waals surface area contributed by atoms with Crippen LogP contribution in [0.1, 0.15) is 38.5 Å². The summed E-state index contributed by atoms with van der Waals surface area (Å²) in [6.07, 6.45) is 8.74. The minimum Gasteiger partial charge on any atom is -0.329 e. The number of likely N-dealkylation sites (N-methyl/N-ethyl adjacent to an activating group) is 1. The summed E-state index contributed by atoms with van der Waals surface area (Å²) in [5, 5.41) is 0. The largest absolute Gasteiger partial charge is 0.329 e. The second-order valence-corrected chi connectivity index (χ2v) is 8.16. The van der Waals surface area contributed by atoms with E-state index in [9.17, 15) is 0 Å². The van der Waals surface area contributed by atoms with Crippen LogP contribution in [0.3, 0.4) is 0 Å². The molecule has 114 valence electrons. The third-order valence-corrected chi connectivity index (χ3v) is 7.40. The Bertz CT molecular complexity index is 371. The molecular formula is C17H31N3. The van der Waals surface area contributed by atoms with Crippen molar-refractivity contribution in [3.05, 3.63) is 0 Å². The second-order valence-electron chi connectivity index (χ2n) is 8.16. The molecule has 2 heterocycles. The Labute approximate surface area is 123 Å². The molecule has 4 aliphatic rings. The van der Waals surface area contributed by atoms with Crippen molar-refractivity contribution in [1.82, 2.24) is 9.80 Å². The predicted molar refractivity (Wildman–Crippen MR) is 82.5 cm³/mol. The number of piperidine rings is 1. The summed E-state index contributed by atoms with van der Waals surface area (Å²) in [7, 11) is 2.38. The highest BCUT2D eigenvalue weighted by Crippen LogP contribution is 2.49. The molecule has 6 unspecified atom stereocenters. The van der Waals surface area contributed by atoms with E-state index in [1.54, 1.807) is 0 Å². The molecule has 4 rings (SSSR count). The Morgan fingerprint density at radius 2 is 2.10 bits per heavy atom. The van der Waals surface area contributed by atoms with E-state index < -0.39 is 0 Å². The van der Waals surface area contributed by atoms with Crippen LogP contribution in [0.2, 0.25) is 0 Å². The van der Waals surface area contributed by atoms with Gasteiger partial charge in [0.1, 0.15) is 0 Å². The van der Waals surface area contributed by atoms with Crippen LogP contribution in [0.5, 0.6) is 0 Å². The molecule has 20 heavy (non-hydrogen) atoms. The van der Waals surface area contributed by atoms with Crippen LogP contribution in [-0.2, 0) is 0 Å². The highest BCUT2D eigenvalue weighted by molar-refractivity contribution is 5.05. The lowest BCUT2D eigenvalue weighted by atomic mass is 9.76. The first-order valence-electron chi connectivity index (χ1n) is 8.85. The highest BCUT2D eigenvalue weighted by Gasteiger charge is 2.49. The topological polar surface area (TPSA) is 32.5 Å². The van der Waals surface area contributed by atoms with E-state index in [0.717, 1.165) is 30.2 Å². The summed E-state index contributed by atoms with van der Waals surface area (Å²) >= 11 is 0. The van der Waals surface area contributed by atoms with Crippen molar-refractivity contribution in [2.75, 3.05) is 39.8 Å². The molecule has 0 amide bonds. The monoisotopic (exact) mass is 277 g/mol. The van der Waals surface area contributed by atoms with Gasteiger partial charge in [-0.3, -0.25) is 4.90 Å². The van der Waals surface area contributed by atoms with Gasteiger partial charge in [-0.1, -0.05) is 6.42 Å². The average Bonchev–Trinajstić information content (AvgIpc) is 3.16. The van der Waals surface area contributed by atoms with Gasteiger partial charge >= 0.3 is 0 Å². The van der Waals surface area contributed by atoms with Gasteiger partial charge in [0, 0.05) is 25.2 Å². The summed E-state index contributed by atoms with van der Waals surface area (Å²) < 4.78 is 0. The molecule has 2 saturated carbocycles. The van der Waals surface area contributed by atoms with Gasteiger partial charge in [0.05, 0.1) is 0 Å². The van der Waals surface area contributed by atoms with Crippen LogP contribution < -0.4 is 5.73 Å². The first kappa shape index (κ1) is 13.5. The van der Waals surface area contributed by atoms with E-state index >= 15 is 0 Å². The van der Waals surface area contributed by atoms with E-state index in [-0.39, 0.29) is 0 Å². The third-order valence-electron chi connectivity index (χ3n) is 7.40. The Hall–Kier alpha value is -0.120. The molecule has 2 saturated heterocycles. The van der Waals surface area contributed by atoms with Crippen molar-refractivity contribution < 1.29 is 0 Å². The van der Waals surface area contributed by atoms with Crippen molar-refractivity contribution in [3.63, 3.8) is 0 Å². The average molecular weight is 277 g/mol. The van der Waals surface area contributed by atoms with Gasteiger partial charge in [0.2, 0.25) is 0 Å². The minimum atomic E-state index is 0.314. The Morgan fingerprint density at radius 1 is 1.20 bits per heavy atom. The number of nitrogens with zero attached hydrogens (tertiary/aromatic N) is 2. The highest BCUT2D eigenvalue weighted by atomic mass is 15.3. The molecule has 2 aliphatic heterocycles. The Morgan fingerprint density at radius 3 is 2.80 bits per heavy atom. The zero-order valence-electron chi connectivity index (χ0n) is 13.1. The van der Waals surface area contributed by atoms with Gasteiger partial charge in [-0.15, -0.1) is 0 Å². The van der Waals surface area contributed by atoms with Gasteiger partial charge in [-0.25, -0.2) is 0 Å². The summed E-state index contributed by atoms with van der Waals surface area (Å²) in [5.74, 6) is 3.91. The lowest BCUT2D eigenvalue weighted by molar-refractivity contribution is 0.0110. The fourth-order valence-corrected chi connectivity index (χ4v) is 6.09. The van der Waals surface area contributed by atoms with Crippen molar-refractivity contribution in [2.45, 2.75) is 44.1 Å². The fraction of sp³-hybridized carbons (Fsp3) is 1.00. The number of hydrogen-bond acceptors (Lipinski definition) is 3. The van der Waals surface area contributed by atoms with Crippen LogP contribution in [0, 0.1) is 23.7 Å². The molecule has 0 aromatic rings. The number of rotatable bonds is 4.